The highest BCUT2D eigenvalue weighted by molar-refractivity contribution is 5.94. The number of nitrogens with one attached hydrogen (secondary N) is 1. The molecule has 0 atom stereocenters. The fourth-order valence-electron chi connectivity index (χ4n) is 3.86. The molecule has 4 nitrogen and oxygen atoms in total. The molecule has 32 heavy (non-hydrogen) atoms. The molecular weight excluding hydrogens is 403 g/mol. The Bertz CT molecular complexity index is 1330. The molecule has 0 aliphatic heterocycles. The molecule has 3 aromatic carbocycles. The van der Waals surface area contributed by atoms with E-state index in [1.807, 2.05) is 62.4 Å². The molecule has 0 aliphatic carbocycles. The van der Waals surface area contributed by atoms with Crippen LogP contribution in [0.25, 0.3) is 10.9 Å². The molecule has 0 spiro atoms. The number of aromatic amines is 1. The summed E-state index contributed by atoms with van der Waals surface area (Å²) in [5, 5.41) is 0.920. The van der Waals surface area contributed by atoms with Gasteiger partial charge in [0.15, 0.2) is 0 Å². The lowest BCUT2D eigenvalue weighted by molar-refractivity contribution is 0.0744. The molecule has 0 saturated carbocycles. The van der Waals surface area contributed by atoms with Gasteiger partial charge in [0.1, 0.15) is 5.82 Å². The predicted octanol–water partition coefficient (Wildman–Crippen LogP) is 5.17. The number of amides is 1. The second-order valence-corrected chi connectivity index (χ2v) is 8.07. The van der Waals surface area contributed by atoms with Gasteiger partial charge in [-0.25, -0.2) is 4.39 Å². The summed E-state index contributed by atoms with van der Waals surface area (Å²) in [5.41, 5.74) is 4.58. The third-order valence-electron chi connectivity index (χ3n) is 5.86. The maximum atomic E-state index is 13.8. The number of carbonyl (C=O) groups is 1. The number of carbonyl (C=O) groups excluding carboxylic acids is 1. The number of aryl methyl sites for hydroxylation is 2. The van der Waals surface area contributed by atoms with Crippen molar-refractivity contribution in [2.24, 2.45) is 0 Å². The number of fused-ring (bicyclic) bond motifs is 1. The van der Waals surface area contributed by atoms with Crippen LogP contribution in [0.2, 0.25) is 0 Å². The van der Waals surface area contributed by atoms with Crippen molar-refractivity contribution in [2.75, 3.05) is 6.54 Å². The van der Waals surface area contributed by atoms with E-state index in [1.165, 1.54) is 18.2 Å². The van der Waals surface area contributed by atoms with Crippen LogP contribution in [0.15, 0.2) is 77.6 Å². The van der Waals surface area contributed by atoms with E-state index in [2.05, 4.69) is 4.98 Å². The molecule has 0 radical (unpaired) electrons. The quantitative estimate of drug-likeness (QED) is 0.461. The molecule has 0 bridgehead atoms. The molecular formula is C27H25FN2O2. The smallest absolute Gasteiger partial charge is 0.254 e. The summed E-state index contributed by atoms with van der Waals surface area (Å²) in [6, 6.07) is 21.3. The van der Waals surface area contributed by atoms with Crippen molar-refractivity contribution < 1.29 is 9.18 Å². The number of nitrogens with zero attached hydrogens (tertiary/aromatic N) is 1. The van der Waals surface area contributed by atoms with Crippen LogP contribution in [0.3, 0.4) is 0 Å². The van der Waals surface area contributed by atoms with Crippen molar-refractivity contribution in [3.8, 4) is 0 Å². The summed E-state index contributed by atoms with van der Waals surface area (Å²) in [7, 11) is 0. The second kappa shape index (κ2) is 9.18. The molecule has 0 unspecified atom stereocenters. The monoisotopic (exact) mass is 428 g/mol. The Balaban J connectivity index is 1.68. The van der Waals surface area contributed by atoms with Crippen molar-refractivity contribution >= 4 is 16.8 Å². The minimum Gasteiger partial charge on any atom is -0.334 e. The Labute approximate surface area is 186 Å². The number of pyridine rings is 1. The van der Waals surface area contributed by atoms with Crippen molar-refractivity contribution in [1.29, 1.82) is 0 Å². The summed E-state index contributed by atoms with van der Waals surface area (Å²) in [6.45, 7) is 4.53. The molecule has 1 N–H and O–H groups in total. The molecule has 162 valence electrons. The zero-order valence-electron chi connectivity index (χ0n) is 18.2. The molecule has 1 amide bonds. The van der Waals surface area contributed by atoms with Gasteiger partial charge in [0.05, 0.1) is 12.1 Å². The molecule has 0 fully saturated rings. The summed E-state index contributed by atoms with van der Waals surface area (Å²) in [5.74, 6) is -0.770. The predicted molar refractivity (Wildman–Crippen MR) is 125 cm³/mol. The van der Waals surface area contributed by atoms with Crippen LogP contribution in [-0.2, 0) is 13.0 Å². The third-order valence-corrected chi connectivity index (χ3v) is 5.86. The average molecular weight is 429 g/mol. The zero-order chi connectivity index (χ0) is 22.7. The van der Waals surface area contributed by atoms with Crippen LogP contribution in [0.4, 0.5) is 4.39 Å². The maximum Gasteiger partial charge on any atom is 0.254 e. The van der Waals surface area contributed by atoms with E-state index in [9.17, 15) is 14.0 Å². The molecule has 0 aliphatic rings. The summed E-state index contributed by atoms with van der Waals surface area (Å²) >= 11 is 0. The molecule has 0 saturated heterocycles. The van der Waals surface area contributed by atoms with E-state index in [0.717, 1.165) is 27.6 Å². The van der Waals surface area contributed by atoms with Crippen molar-refractivity contribution in [2.45, 2.75) is 26.8 Å². The number of hydrogen-bond acceptors (Lipinski definition) is 2. The van der Waals surface area contributed by atoms with E-state index in [4.69, 9.17) is 0 Å². The van der Waals surface area contributed by atoms with E-state index < -0.39 is 5.82 Å². The SMILES string of the molecule is Cc1ccc2cc(CN(CCc3ccccc3)C(=O)c3cccc(F)c3)c(=O)[nH]c2c1C. The Kier molecular flexibility index (Phi) is 6.17. The highest BCUT2D eigenvalue weighted by Gasteiger charge is 2.19. The first-order valence-electron chi connectivity index (χ1n) is 10.6. The van der Waals surface area contributed by atoms with Crippen LogP contribution < -0.4 is 5.56 Å². The highest BCUT2D eigenvalue weighted by atomic mass is 19.1. The van der Waals surface area contributed by atoms with Gasteiger partial charge in [0.25, 0.3) is 11.5 Å². The number of aromatic nitrogens is 1. The Morgan fingerprint density at radius 2 is 1.75 bits per heavy atom. The van der Waals surface area contributed by atoms with Gasteiger partial charge in [-0.3, -0.25) is 9.59 Å². The standard InChI is InChI=1S/C27H25FN2O2/c1-18-11-12-21-15-23(26(31)29-25(21)19(18)2)17-30(14-13-20-7-4-3-5-8-20)27(32)22-9-6-10-24(28)16-22/h3-12,15-16H,13-14,17H2,1-2H3,(H,29,31). The molecule has 5 heteroatoms. The van der Waals surface area contributed by atoms with Gasteiger partial charge in [-0.15, -0.1) is 0 Å². The number of halogens is 1. The minimum absolute atomic E-state index is 0.139. The maximum absolute atomic E-state index is 13.8. The first kappa shape index (κ1) is 21.5. The molecule has 1 heterocycles. The number of benzene rings is 3. The first-order valence-corrected chi connectivity index (χ1v) is 10.6. The third kappa shape index (κ3) is 4.62. The van der Waals surface area contributed by atoms with Crippen LogP contribution in [0, 0.1) is 19.7 Å². The number of H-pyrrole nitrogens is 1. The summed E-state index contributed by atoms with van der Waals surface area (Å²) < 4.78 is 13.8. The van der Waals surface area contributed by atoms with E-state index >= 15 is 0 Å². The van der Waals surface area contributed by atoms with Crippen molar-refractivity contribution in [1.82, 2.24) is 9.88 Å². The van der Waals surface area contributed by atoms with E-state index in [1.54, 1.807) is 11.0 Å². The summed E-state index contributed by atoms with van der Waals surface area (Å²) in [4.78, 5) is 30.7. The lowest BCUT2D eigenvalue weighted by atomic mass is 10.0. The van der Waals surface area contributed by atoms with Crippen molar-refractivity contribution in [3.05, 3.63) is 117 Å². The van der Waals surface area contributed by atoms with Crippen LogP contribution in [0.5, 0.6) is 0 Å². The van der Waals surface area contributed by atoms with Crippen LogP contribution in [-0.4, -0.2) is 22.3 Å². The van der Waals surface area contributed by atoms with Gasteiger partial charge in [-0.1, -0.05) is 48.5 Å². The first-order chi connectivity index (χ1) is 15.4. The lowest BCUT2D eigenvalue weighted by Gasteiger charge is -2.23. The van der Waals surface area contributed by atoms with Gasteiger partial charge in [0, 0.05) is 17.7 Å². The Hall–Kier alpha value is -3.73. The van der Waals surface area contributed by atoms with Gasteiger partial charge >= 0.3 is 0 Å². The van der Waals surface area contributed by atoms with Crippen LogP contribution >= 0.6 is 0 Å². The number of rotatable bonds is 6. The highest BCUT2D eigenvalue weighted by Crippen LogP contribution is 2.20. The Morgan fingerprint density at radius 3 is 2.50 bits per heavy atom. The second-order valence-electron chi connectivity index (χ2n) is 8.07. The number of hydrogen-bond donors (Lipinski definition) is 1. The van der Waals surface area contributed by atoms with Gasteiger partial charge < -0.3 is 9.88 Å². The average Bonchev–Trinajstić information content (AvgIpc) is 2.80. The largest absolute Gasteiger partial charge is 0.334 e. The van der Waals surface area contributed by atoms with Gasteiger partial charge in [0.2, 0.25) is 0 Å². The lowest BCUT2D eigenvalue weighted by Crippen LogP contribution is -2.34. The van der Waals surface area contributed by atoms with Gasteiger partial charge in [-0.05, 0) is 66.6 Å². The van der Waals surface area contributed by atoms with Gasteiger partial charge in [-0.2, -0.15) is 0 Å². The molecule has 4 aromatic rings. The van der Waals surface area contributed by atoms with E-state index in [-0.39, 0.29) is 23.6 Å². The van der Waals surface area contributed by atoms with Crippen LogP contribution in [0.1, 0.15) is 32.6 Å². The van der Waals surface area contributed by atoms with E-state index in [0.29, 0.717) is 18.5 Å². The Morgan fingerprint density at radius 1 is 0.969 bits per heavy atom. The molecule has 1 aromatic heterocycles. The zero-order valence-corrected chi connectivity index (χ0v) is 18.2. The fourth-order valence-corrected chi connectivity index (χ4v) is 3.86. The fraction of sp³-hybridized carbons (Fsp3) is 0.185. The summed E-state index contributed by atoms with van der Waals surface area (Å²) in [6.07, 6.45) is 0.631. The normalized spacial score (nSPS) is 11.0. The topological polar surface area (TPSA) is 53.2 Å². The minimum atomic E-state index is -0.465. The van der Waals surface area contributed by atoms with Crippen molar-refractivity contribution in [3.63, 3.8) is 0 Å². The molecule has 4 rings (SSSR count).